The molecular formula is C20H28FN. The van der Waals surface area contributed by atoms with E-state index in [4.69, 9.17) is 5.73 Å². The van der Waals surface area contributed by atoms with Gasteiger partial charge in [-0.15, -0.1) is 0 Å². The Hall–Kier alpha value is -2.09. The van der Waals surface area contributed by atoms with Gasteiger partial charge < -0.3 is 5.73 Å². The summed E-state index contributed by atoms with van der Waals surface area (Å²) in [5.41, 5.74) is 11.3. The first kappa shape index (κ1) is 19.9. The Bertz CT molecular complexity index is 578. The van der Waals surface area contributed by atoms with E-state index in [1.165, 1.54) is 28.8 Å². The summed E-state index contributed by atoms with van der Waals surface area (Å²) in [6.45, 7) is 13.4. The van der Waals surface area contributed by atoms with Gasteiger partial charge in [0.1, 0.15) is 5.83 Å². The normalized spacial score (nSPS) is 12.1. The number of hydrogen-bond acceptors (Lipinski definition) is 1. The molecule has 0 atom stereocenters. The highest BCUT2D eigenvalue weighted by atomic mass is 19.1. The van der Waals surface area contributed by atoms with Crippen molar-refractivity contribution in [2.24, 2.45) is 0 Å². The Balaban J connectivity index is 0.000000409. The third-order valence-corrected chi connectivity index (χ3v) is 3.37. The molecule has 0 radical (unpaired) electrons. The molecule has 120 valence electrons. The van der Waals surface area contributed by atoms with E-state index in [-0.39, 0.29) is 5.83 Å². The fraction of sp³-hybridized carbons (Fsp3) is 0.300. The molecule has 0 spiro atoms. The average molecular weight is 301 g/mol. The van der Waals surface area contributed by atoms with Crippen molar-refractivity contribution in [2.75, 3.05) is 5.73 Å². The lowest BCUT2D eigenvalue weighted by molar-refractivity contribution is 0.665. The number of aryl methyl sites for hydroxylation is 1. The van der Waals surface area contributed by atoms with Gasteiger partial charge in [-0.1, -0.05) is 31.7 Å². The fourth-order valence-corrected chi connectivity index (χ4v) is 1.89. The zero-order valence-electron chi connectivity index (χ0n) is 14.4. The van der Waals surface area contributed by atoms with Crippen molar-refractivity contribution in [1.29, 1.82) is 0 Å². The van der Waals surface area contributed by atoms with Crippen LogP contribution in [0.25, 0.3) is 6.08 Å². The standard InChI is InChI=1S/C11H15N.C9H13F/c1-4-5-10-7-11(12)6-8(2)9(10)3;1-4-8(5-2)7-9(10)6-3/h4-7H,12H2,1-3H3;4,6-7H,3,5H2,1-2H3/b5-4-;8-4-,9-7+. The van der Waals surface area contributed by atoms with Crippen LogP contribution in [0.15, 0.2) is 54.4 Å². The van der Waals surface area contributed by atoms with E-state index in [9.17, 15) is 4.39 Å². The van der Waals surface area contributed by atoms with Gasteiger partial charge >= 0.3 is 0 Å². The SMILES string of the molecule is C/C=C\c1cc(N)cc(C)c1C.C=C/C(F)=C\C(=C/C)CC. The highest BCUT2D eigenvalue weighted by Gasteiger charge is 1.98. The largest absolute Gasteiger partial charge is 0.399 e. The molecule has 0 aliphatic rings. The van der Waals surface area contributed by atoms with Crippen molar-refractivity contribution >= 4 is 11.8 Å². The first-order chi connectivity index (χ1) is 10.4. The summed E-state index contributed by atoms with van der Waals surface area (Å²) in [4.78, 5) is 0. The van der Waals surface area contributed by atoms with E-state index in [1.54, 1.807) is 0 Å². The number of rotatable bonds is 4. The summed E-state index contributed by atoms with van der Waals surface area (Å²) in [6, 6.07) is 4.00. The van der Waals surface area contributed by atoms with Crippen LogP contribution in [0.4, 0.5) is 10.1 Å². The van der Waals surface area contributed by atoms with Crippen LogP contribution in [0.5, 0.6) is 0 Å². The van der Waals surface area contributed by atoms with E-state index < -0.39 is 0 Å². The van der Waals surface area contributed by atoms with Crippen molar-refractivity contribution in [1.82, 2.24) is 0 Å². The van der Waals surface area contributed by atoms with Crippen molar-refractivity contribution in [3.8, 4) is 0 Å². The predicted octanol–water partition coefficient (Wildman–Crippen LogP) is 6.30. The summed E-state index contributed by atoms with van der Waals surface area (Å²) in [6.07, 6.45) is 9.56. The zero-order chi connectivity index (χ0) is 17.1. The monoisotopic (exact) mass is 301 g/mol. The fourth-order valence-electron chi connectivity index (χ4n) is 1.89. The maximum absolute atomic E-state index is 12.5. The van der Waals surface area contributed by atoms with Crippen molar-refractivity contribution in [3.63, 3.8) is 0 Å². The predicted molar refractivity (Wildman–Crippen MR) is 98.5 cm³/mol. The molecule has 0 saturated carbocycles. The Morgan fingerprint density at radius 1 is 1.27 bits per heavy atom. The van der Waals surface area contributed by atoms with Gasteiger partial charge in [0.05, 0.1) is 0 Å². The molecule has 0 aliphatic heterocycles. The number of nitrogens with two attached hydrogens (primary N) is 1. The molecule has 0 aromatic heterocycles. The molecule has 2 heteroatoms. The lowest BCUT2D eigenvalue weighted by atomic mass is 10.0. The Labute approximate surface area is 134 Å². The van der Waals surface area contributed by atoms with Crippen LogP contribution in [-0.4, -0.2) is 0 Å². The molecular weight excluding hydrogens is 273 g/mol. The van der Waals surface area contributed by atoms with Crippen LogP contribution in [0.1, 0.15) is 43.9 Å². The minimum Gasteiger partial charge on any atom is -0.399 e. The quantitative estimate of drug-likeness (QED) is 0.512. The van der Waals surface area contributed by atoms with E-state index >= 15 is 0 Å². The lowest BCUT2D eigenvalue weighted by Gasteiger charge is -2.05. The highest BCUT2D eigenvalue weighted by molar-refractivity contribution is 5.61. The van der Waals surface area contributed by atoms with Gasteiger partial charge in [0, 0.05) is 5.69 Å². The maximum Gasteiger partial charge on any atom is 0.122 e. The second-order valence-electron chi connectivity index (χ2n) is 5.00. The molecule has 1 aromatic rings. The zero-order valence-corrected chi connectivity index (χ0v) is 14.4. The van der Waals surface area contributed by atoms with E-state index in [1.807, 2.05) is 45.1 Å². The number of benzene rings is 1. The average Bonchev–Trinajstić information content (AvgIpc) is 2.50. The molecule has 0 bridgehead atoms. The van der Waals surface area contributed by atoms with Gasteiger partial charge in [-0.2, -0.15) is 0 Å². The second-order valence-corrected chi connectivity index (χ2v) is 5.00. The van der Waals surface area contributed by atoms with Crippen LogP contribution >= 0.6 is 0 Å². The first-order valence-electron chi connectivity index (χ1n) is 7.53. The van der Waals surface area contributed by atoms with E-state index in [2.05, 4.69) is 26.5 Å². The number of halogens is 1. The molecule has 0 fully saturated rings. The molecule has 22 heavy (non-hydrogen) atoms. The second kappa shape index (κ2) is 10.6. The van der Waals surface area contributed by atoms with Gasteiger partial charge in [0.25, 0.3) is 0 Å². The molecule has 2 N–H and O–H groups in total. The lowest BCUT2D eigenvalue weighted by Crippen LogP contribution is -1.91. The Morgan fingerprint density at radius 3 is 2.36 bits per heavy atom. The van der Waals surface area contributed by atoms with Crippen LogP contribution in [0, 0.1) is 13.8 Å². The summed E-state index contributed by atoms with van der Waals surface area (Å²) in [5, 5.41) is 0. The van der Waals surface area contributed by atoms with Crippen LogP contribution in [-0.2, 0) is 0 Å². The summed E-state index contributed by atoms with van der Waals surface area (Å²) >= 11 is 0. The topological polar surface area (TPSA) is 26.0 Å². The van der Waals surface area contributed by atoms with Gasteiger partial charge in [-0.25, -0.2) is 4.39 Å². The third-order valence-electron chi connectivity index (χ3n) is 3.37. The molecule has 0 amide bonds. The number of nitrogen functional groups attached to an aromatic ring is 1. The van der Waals surface area contributed by atoms with Crippen LogP contribution < -0.4 is 5.73 Å². The van der Waals surface area contributed by atoms with E-state index in [0.29, 0.717) is 0 Å². The first-order valence-corrected chi connectivity index (χ1v) is 7.53. The smallest absolute Gasteiger partial charge is 0.122 e. The molecule has 0 heterocycles. The number of anilines is 1. The van der Waals surface area contributed by atoms with Crippen molar-refractivity contribution in [3.05, 3.63) is 71.1 Å². The minimum atomic E-state index is -0.269. The van der Waals surface area contributed by atoms with Gasteiger partial charge in [0.15, 0.2) is 0 Å². The van der Waals surface area contributed by atoms with E-state index in [0.717, 1.165) is 17.7 Å². The Kier molecular flexibility index (Phi) is 9.60. The summed E-state index contributed by atoms with van der Waals surface area (Å²) in [7, 11) is 0. The van der Waals surface area contributed by atoms with Gasteiger partial charge in [-0.3, -0.25) is 0 Å². The minimum absolute atomic E-state index is 0.269. The molecule has 1 nitrogen and oxygen atoms in total. The molecule has 1 aromatic carbocycles. The van der Waals surface area contributed by atoms with Crippen LogP contribution in [0.3, 0.4) is 0 Å². The number of allylic oxidation sites excluding steroid dienone is 6. The van der Waals surface area contributed by atoms with Gasteiger partial charge in [0.2, 0.25) is 0 Å². The van der Waals surface area contributed by atoms with Crippen LogP contribution in [0.2, 0.25) is 0 Å². The third kappa shape index (κ3) is 7.07. The summed E-state index contributed by atoms with van der Waals surface area (Å²) in [5.74, 6) is -0.269. The highest BCUT2D eigenvalue weighted by Crippen LogP contribution is 2.18. The molecule has 0 aliphatic carbocycles. The maximum atomic E-state index is 12.5. The van der Waals surface area contributed by atoms with Gasteiger partial charge in [-0.05, 0) is 80.7 Å². The molecule has 0 saturated heterocycles. The van der Waals surface area contributed by atoms with Crippen molar-refractivity contribution in [2.45, 2.75) is 41.0 Å². The Morgan fingerprint density at radius 2 is 1.91 bits per heavy atom. The van der Waals surface area contributed by atoms with Crippen molar-refractivity contribution < 1.29 is 4.39 Å². The molecule has 1 rings (SSSR count). The molecule has 0 unspecified atom stereocenters. The number of hydrogen-bond donors (Lipinski definition) is 1. The summed E-state index contributed by atoms with van der Waals surface area (Å²) < 4.78 is 12.5.